The second kappa shape index (κ2) is 5.67. The summed E-state index contributed by atoms with van der Waals surface area (Å²) < 4.78 is 22.7. The molecule has 0 spiro atoms. The highest BCUT2D eigenvalue weighted by atomic mass is 19.1. The summed E-state index contributed by atoms with van der Waals surface area (Å²) in [5, 5.41) is 17.1. The molecule has 0 aliphatic carbocycles. The van der Waals surface area contributed by atoms with Crippen molar-refractivity contribution in [1.82, 2.24) is 0 Å². The van der Waals surface area contributed by atoms with E-state index < -0.39 is 23.5 Å². The monoisotopic (exact) mass is 256 g/mol. The van der Waals surface area contributed by atoms with E-state index in [4.69, 9.17) is 14.9 Å². The Hall–Kier alpha value is -2.57. The van der Waals surface area contributed by atoms with Crippen LogP contribution in [0.5, 0.6) is 11.5 Å². The maximum atomic E-state index is 13.3. The second-order valence-corrected chi connectivity index (χ2v) is 3.05. The number of carboxylic acid groups (broad SMARTS) is 2. The first kappa shape index (κ1) is 13.5. The molecule has 2 N–H and O–H groups in total. The summed E-state index contributed by atoms with van der Waals surface area (Å²) in [6, 6.07) is 3.36. The Balaban J connectivity index is 2.98. The minimum Gasteiger partial charge on any atom is -0.494 e. The lowest BCUT2D eigenvalue weighted by Crippen LogP contribution is -2.10. The van der Waals surface area contributed by atoms with Gasteiger partial charge in [0.2, 0.25) is 5.76 Å². The molecule has 0 amide bonds. The molecule has 0 heterocycles. The lowest BCUT2D eigenvalue weighted by atomic mass is 10.3. The highest BCUT2D eigenvalue weighted by Crippen LogP contribution is 2.23. The van der Waals surface area contributed by atoms with Gasteiger partial charge in [-0.3, -0.25) is 0 Å². The van der Waals surface area contributed by atoms with Crippen molar-refractivity contribution in [3.8, 4) is 11.5 Å². The standard InChI is InChI=1S/C11H9FO6/c1-17-8-3-2-6(4-7(8)12)18-9(11(15)16)5-10(13)14/h2-5H,1H3,(H,13,14)(H,15,16)/b9-5+. The molecule has 1 aromatic rings. The number of ether oxygens (including phenoxy) is 2. The summed E-state index contributed by atoms with van der Waals surface area (Å²) in [6.07, 6.45) is 0.366. The molecule has 96 valence electrons. The quantitative estimate of drug-likeness (QED) is 0.608. The first-order chi connectivity index (χ1) is 8.43. The summed E-state index contributed by atoms with van der Waals surface area (Å²) in [6.45, 7) is 0. The van der Waals surface area contributed by atoms with Crippen LogP contribution in [0.1, 0.15) is 0 Å². The Morgan fingerprint density at radius 1 is 1.33 bits per heavy atom. The summed E-state index contributed by atoms with van der Waals surface area (Å²) in [4.78, 5) is 21.0. The van der Waals surface area contributed by atoms with Crippen molar-refractivity contribution in [3.63, 3.8) is 0 Å². The first-order valence-corrected chi connectivity index (χ1v) is 4.63. The molecule has 0 saturated heterocycles. The van der Waals surface area contributed by atoms with Crippen molar-refractivity contribution in [2.24, 2.45) is 0 Å². The van der Waals surface area contributed by atoms with Gasteiger partial charge in [0, 0.05) is 6.07 Å². The summed E-state index contributed by atoms with van der Waals surface area (Å²) >= 11 is 0. The number of methoxy groups -OCH3 is 1. The largest absolute Gasteiger partial charge is 0.494 e. The average molecular weight is 256 g/mol. The number of halogens is 1. The van der Waals surface area contributed by atoms with E-state index in [-0.39, 0.29) is 11.5 Å². The van der Waals surface area contributed by atoms with Gasteiger partial charge in [-0.2, -0.15) is 0 Å². The van der Waals surface area contributed by atoms with Crippen LogP contribution in [0.25, 0.3) is 0 Å². The van der Waals surface area contributed by atoms with Crippen molar-refractivity contribution in [3.05, 3.63) is 35.9 Å². The highest BCUT2D eigenvalue weighted by molar-refractivity contribution is 5.93. The molecule has 0 atom stereocenters. The molecule has 1 rings (SSSR count). The van der Waals surface area contributed by atoms with Crippen LogP contribution in [0.4, 0.5) is 4.39 Å². The molecular formula is C11H9FO6. The van der Waals surface area contributed by atoms with Crippen molar-refractivity contribution in [2.45, 2.75) is 0 Å². The molecule has 0 fully saturated rings. The van der Waals surface area contributed by atoms with Crippen molar-refractivity contribution in [2.75, 3.05) is 7.11 Å². The van der Waals surface area contributed by atoms with Gasteiger partial charge < -0.3 is 19.7 Å². The predicted molar refractivity (Wildman–Crippen MR) is 56.9 cm³/mol. The molecule has 0 saturated carbocycles. The third-order valence-electron chi connectivity index (χ3n) is 1.82. The third-order valence-corrected chi connectivity index (χ3v) is 1.82. The van der Waals surface area contributed by atoms with Gasteiger partial charge in [-0.25, -0.2) is 14.0 Å². The van der Waals surface area contributed by atoms with E-state index in [0.29, 0.717) is 6.08 Å². The van der Waals surface area contributed by atoms with E-state index in [1.807, 2.05) is 0 Å². The van der Waals surface area contributed by atoms with Crippen LogP contribution >= 0.6 is 0 Å². The Labute approximate surface area is 101 Å². The lowest BCUT2D eigenvalue weighted by Gasteiger charge is -2.07. The predicted octanol–water partition coefficient (Wildman–Crippen LogP) is 1.27. The van der Waals surface area contributed by atoms with Crippen molar-refractivity contribution in [1.29, 1.82) is 0 Å². The SMILES string of the molecule is COc1ccc(O/C(=C/C(=O)O)C(=O)O)cc1F. The Bertz CT molecular complexity index is 508. The van der Waals surface area contributed by atoms with Crippen LogP contribution < -0.4 is 9.47 Å². The van der Waals surface area contributed by atoms with Gasteiger partial charge in [-0.05, 0) is 12.1 Å². The molecule has 6 nitrogen and oxygen atoms in total. The number of carbonyl (C=O) groups is 2. The average Bonchev–Trinajstić information content (AvgIpc) is 2.27. The van der Waals surface area contributed by atoms with Crippen LogP contribution in [-0.4, -0.2) is 29.3 Å². The van der Waals surface area contributed by atoms with Gasteiger partial charge in [-0.15, -0.1) is 0 Å². The zero-order valence-corrected chi connectivity index (χ0v) is 9.21. The highest BCUT2D eigenvalue weighted by Gasteiger charge is 2.13. The molecule has 1 aromatic carbocycles. The van der Waals surface area contributed by atoms with Crippen molar-refractivity contribution >= 4 is 11.9 Å². The van der Waals surface area contributed by atoms with E-state index in [9.17, 15) is 14.0 Å². The fourth-order valence-electron chi connectivity index (χ4n) is 1.08. The van der Waals surface area contributed by atoms with E-state index >= 15 is 0 Å². The molecule has 0 radical (unpaired) electrons. The summed E-state index contributed by atoms with van der Waals surface area (Å²) in [5.41, 5.74) is 0. The number of hydrogen-bond donors (Lipinski definition) is 2. The molecule has 0 bridgehead atoms. The number of rotatable bonds is 5. The lowest BCUT2D eigenvalue weighted by molar-refractivity contribution is -0.137. The van der Waals surface area contributed by atoms with Crippen LogP contribution in [0, 0.1) is 5.82 Å². The van der Waals surface area contributed by atoms with Gasteiger partial charge in [-0.1, -0.05) is 0 Å². The zero-order chi connectivity index (χ0) is 13.7. The van der Waals surface area contributed by atoms with E-state index in [0.717, 1.165) is 6.07 Å². The normalized spacial score (nSPS) is 10.9. The first-order valence-electron chi connectivity index (χ1n) is 4.63. The number of hydrogen-bond acceptors (Lipinski definition) is 4. The minimum absolute atomic E-state index is 0.0403. The molecule has 18 heavy (non-hydrogen) atoms. The maximum Gasteiger partial charge on any atom is 0.372 e. The van der Waals surface area contributed by atoms with Crippen LogP contribution in [0.2, 0.25) is 0 Å². The van der Waals surface area contributed by atoms with Crippen molar-refractivity contribution < 1.29 is 33.7 Å². The summed E-state index contributed by atoms with van der Waals surface area (Å²) in [5.74, 6) is -4.83. The molecule has 0 unspecified atom stereocenters. The van der Waals surface area contributed by atoms with E-state index in [2.05, 4.69) is 4.74 Å². The molecule has 7 heteroatoms. The second-order valence-electron chi connectivity index (χ2n) is 3.05. The zero-order valence-electron chi connectivity index (χ0n) is 9.21. The topological polar surface area (TPSA) is 93.1 Å². The summed E-state index contributed by atoms with van der Waals surface area (Å²) in [7, 11) is 1.27. The maximum absolute atomic E-state index is 13.3. The van der Waals surface area contributed by atoms with Gasteiger partial charge in [0.25, 0.3) is 0 Å². The van der Waals surface area contributed by atoms with E-state index in [1.165, 1.54) is 19.2 Å². The van der Waals surface area contributed by atoms with Crippen LogP contribution in [-0.2, 0) is 9.59 Å². The number of aliphatic carboxylic acids is 2. The van der Waals surface area contributed by atoms with Gasteiger partial charge in [0.1, 0.15) is 5.75 Å². The number of carboxylic acids is 2. The smallest absolute Gasteiger partial charge is 0.372 e. The third kappa shape index (κ3) is 3.48. The van der Waals surface area contributed by atoms with Gasteiger partial charge in [0.15, 0.2) is 11.6 Å². The molecule has 0 aliphatic rings. The Morgan fingerprint density at radius 3 is 2.44 bits per heavy atom. The molecule has 0 aromatic heterocycles. The molecular weight excluding hydrogens is 247 g/mol. The fraction of sp³-hybridized carbons (Fsp3) is 0.0909. The van der Waals surface area contributed by atoms with Gasteiger partial charge in [0.05, 0.1) is 13.2 Å². The number of benzene rings is 1. The van der Waals surface area contributed by atoms with E-state index in [1.54, 1.807) is 0 Å². The van der Waals surface area contributed by atoms with Gasteiger partial charge >= 0.3 is 11.9 Å². The molecule has 0 aliphatic heterocycles. The van der Waals surface area contributed by atoms with Crippen LogP contribution in [0.3, 0.4) is 0 Å². The Morgan fingerprint density at radius 2 is 2.00 bits per heavy atom. The fourth-order valence-corrected chi connectivity index (χ4v) is 1.08. The van der Waals surface area contributed by atoms with Crippen LogP contribution in [0.15, 0.2) is 30.0 Å². The minimum atomic E-state index is -1.58. The Kier molecular flexibility index (Phi) is 4.25.